The van der Waals surface area contributed by atoms with E-state index in [9.17, 15) is 0 Å². The largest absolute Gasteiger partial charge is 0.456 e. The van der Waals surface area contributed by atoms with Gasteiger partial charge in [0, 0.05) is 49.3 Å². The number of furan rings is 2. The summed E-state index contributed by atoms with van der Waals surface area (Å²) in [6, 6.07) is 75.6. The van der Waals surface area contributed by atoms with Gasteiger partial charge in [-0.2, -0.15) is 0 Å². The van der Waals surface area contributed by atoms with Gasteiger partial charge < -0.3 is 13.7 Å². The molecule has 59 heavy (non-hydrogen) atoms. The molecule has 0 aliphatic carbocycles. The molecule has 10 aromatic carbocycles. The maximum atomic E-state index is 6.90. The van der Waals surface area contributed by atoms with Gasteiger partial charge in [0.1, 0.15) is 22.3 Å². The van der Waals surface area contributed by atoms with E-state index < -0.39 is 0 Å². The van der Waals surface area contributed by atoms with Gasteiger partial charge >= 0.3 is 0 Å². The summed E-state index contributed by atoms with van der Waals surface area (Å²) in [6.45, 7) is 0. The Labute approximate surface area is 340 Å². The van der Waals surface area contributed by atoms with E-state index in [1.54, 1.807) is 0 Å². The van der Waals surface area contributed by atoms with Crippen LogP contribution >= 0.6 is 0 Å². The first-order valence-corrected chi connectivity index (χ1v) is 20.1. The van der Waals surface area contributed by atoms with Crippen LogP contribution < -0.4 is 4.90 Å². The molecule has 0 spiro atoms. The predicted octanol–water partition coefficient (Wildman–Crippen LogP) is 16.3. The van der Waals surface area contributed by atoms with Gasteiger partial charge in [-0.1, -0.05) is 170 Å². The van der Waals surface area contributed by atoms with Crippen LogP contribution in [-0.4, -0.2) is 0 Å². The van der Waals surface area contributed by atoms with Gasteiger partial charge in [-0.15, -0.1) is 0 Å². The second kappa shape index (κ2) is 13.4. The van der Waals surface area contributed by atoms with Crippen LogP contribution in [0.2, 0.25) is 0 Å². The molecule has 12 rings (SSSR count). The molecule has 0 fully saturated rings. The summed E-state index contributed by atoms with van der Waals surface area (Å²) in [5.74, 6) is 0. The lowest BCUT2D eigenvalue weighted by Crippen LogP contribution is -2.12. The molecule has 2 aromatic heterocycles. The van der Waals surface area contributed by atoms with Crippen molar-refractivity contribution in [1.82, 2.24) is 0 Å². The number of rotatable bonds is 6. The summed E-state index contributed by atoms with van der Waals surface area (Å²) in [5.41, 5.74) is 13.3. The highest BCUT2D eigenvalue weighted by molar-refractivity contribution is 6.17. The molecule has 3 heteroatoms. The number of anilines is 3. The molecule has 0 saturated carbocycles. The van der Waals surface area contributed by atoms with Gasteiger partial charge in [0.25, 0.3) is 0 Å². The zero-order valence-electron chi connectivity index (χ0n) is 32.0. The molecular weight excluding hydrogens is 719 g/mol. The van der Waals surface area contributed by atoms with Gasteiger partial charge in [-0.25, -0.2) is 0 Å². The van der Waals surface area contributed by atoms with Crippen molar-refractivity contribution in [3.05, 3.63) is 212 Å². The number of fused-ring (bicyclic) bond motifs is 8. The maximum Gasteiger partial charge on any atom is 0.143 e. The third-order valence-electron chi connectivity index (χ3n) is 11.8. The van der Waals surface area contributed by atoms with Gasteiger partial charge in [0.05, 0.1) is 11.4 Å². The molecule has 0 atom stereocenters. The zero-order chi connectivity index (χ0) is 38.9. The van der Waals surface area contributed by atoms with Crippen LogP contribution in [-0.2, 0) is 0 Å². The third-order valence-corrected chi connectivity index (χ3v) is 11.8. The highest BCUT2D eigenvalue weighted by Crippen LogP contribution is 2.48. The summed E-state index contributed by atoms with van der Waals surface area (Å²) in [7, 11) is 0. The second-order valence-electron chi connectivity index (χ2n) is 15.2. The Kier molecular flexibility index (Phi) is 7.54. The Morgan fingerprint density at radius 2 is 0.864 bits per heavy atom. The van der Waals surface area contributed by atoms with Crippen molar-refractivity contribution in [3.63, 3.8) is 0 Å². The van der Waals surface area contributed by atoms with Crippen LogP contribution in [0.25, 0.3) is 98.8 Å². The average molecular weight is 754 g/mol. The Bertz CT molecular complexity index is 3570. The van der Waals surface area contributed by atoms with Gasteiger partial charge in [0.15, 0.2) is 0 Å². The monoisotopic (exact) mass is 753 g/mol. The molecule has 0 bridgehead atoms. The lowest BCUT2D eigenvalue weighted by Gasteiger charge is -2.29. The fraction of sp³-hybridized carbons (Fsp3) is 0. The maximum absolute atomic E-state index is 6.90. The molecular formula is C56H35NO2. The lowest BCUT2D eigenvalue weighted by atomic mass is 9.95. The van der Waals surface area contributed by atoms with E-state index in [1.165, 1.54) is 16.2 Å². The van der Waals surface area contributed by atoms with E-state index in [0.717, 1.165) is 99.7 Å². The molecule has 276 valence electrons. The highest BCUT2D eigenvalue weighted by Gasteiger charge is 2.23. The molecule has 0 N–H and O–H groups in total. The average Bonchev–Trinajstić information content (AvgIpc) is 3.87. The topological polar surface area (TPSA) is 29.5 Å². The molecule has 0 aliphatic heterocycles. The van der Waals surface area contributed by atoms with E-state index in [4.69, 9.17) is 8.83 Å². The van der Waals surface area contributed by atoms with Crippen molar-refractivity contribution in [2.24, 2.45) is 0 Å². The summed E-state index contributed by atoms with van der Waals surface area (Å²) in [6.07, 6.45) is 0. The van der Waals surface area contributed by atoms with Crippen molar-refractivity contribution in [2.75, 3.05) is 4.90 Å². The van der Waals surface area contributed by atoms with Crippen molar-refractivity contribution in [3.8, 4) is 33.4 Å². The number of benzene rings is 10. The summed E-state index contributed by atoms with van der Waals surface area (Å²) in [5, 5.41) is 9.13. The molecule has 12 aromatic rings. The first-order chi connectivity index (χ1) is 29.3. The van der Waals surface area contributed by atoms with Gasteiger partial charge in [-0.3, -0.25) is 0 Å². The molecule has 0 radical (unpaired) electrons. The standard InChI is InChI=1S/C56H35NO2/c1-2-15-37(16-3-1)43-25-12-28-47-48-29-13-26-44(56(48)59-55(43)47)40-21-10-22-41(33-40)57(50-31-11-20-36-17-6-7-23-42(36)50)51-30-9-8-24-45(51)46-27-14-32-52-54(46)49-34-38-18-4-5-19-39(38)35-53(49)58-52/h1-35H. The molecule has 0 unspecified atom stereocenters. The molecule has 2 heterocycles. The quantitative estimate of drug-likeness (QED) is 0.169. The van der Waals surface area contributed by atoms with Crippen molar-refractivity contribution in [2.45, 2.75) is 0 Å². The second-order valence-corrected chi connectivity index (χ2v) is 15.2. The van der Waals surface area contributed by atoms with Crippen molar-refractivity contribution < 1.29 is 8.83 Å². The smallest absolute Gasteiger partial charge is 0.143 e. The van der Waals surface area contributed by atoms with E-state index in [-0.39, 0.29) is 0 Å². The minimum Gasteiger partial charge on any atom is -0.456 e. The normalized spacial score (nSPS) is 11.7. The minimum absolute atomic E-state index is 0.871. The minimum atomic E-state index is 0.871. The van der Waals surface area contributed by atoms with E-state index in [2.05, 4.69) is 217 Å². The summed E-state index contributed by atoms with van der Waals surface area (Å²) in [4.78, 5) is 2.42. The Balaban J connectivity index is 1.08. The number of nitrogens with zero attached hydrogens (tertiary/aromatic N) is 1. The molecule has 3 nitrogen and oxygen atoms in total. The number of para-hydroxylation sites is 3. The van der Waals surface area contributed by atoms with Gasteiger partial charge in [-0.05, 0) is 75.3 Å². The SMILES string of the molecule is c1ccc(-c2cccc3c2oc2c(-c4cccc(N(c5ccccc5-c5cccc6oc7cc8ccccc8cc7c56)c5cccc6ccccc56)c4)cccc23)cc1. The van der Waals surface area contributed by atoms with Crippen molar-refractivity contribution in [1.29, 1.82) is 0 Å². The molecule has 0 aliphatic rings. The van der Waals surface area contributed by atoms with Gasteiger partial charge in [0.2, 0.25) is 0 Å². The van der Waals surface area contributed by atoms with Crippen LogP contribution in [0.5, 0.6) is 0 Å². The van der Waals surface area contributed by atoms with Crippen LogP contribution in [0, 0.1) is 0 Å². The highest BCUT2D eigenvalue weighted by atomic mass is 16.3. The molecule has 0 saturated heterocycles. The fourth-order valence-corrected chi connectivity index (χ4v) is 9.15. The van der Waals surface area contributed by atoms with Crippen LogP contribution in [0.15, 0.2) is 221 Å². The summed E-state index contributed by atoms with van der Waals surface area (Å²) < 4.78 is 13.5. The van der Waals surface area contributed by atoms with Crippen LogP contribution in [0.3, 0.4) is 0 Å². The summed E-state index contributed by atoms with van der Waals surface area (Å²) >= 11 is 0. The Morgan fingerprint density at radius 1 is 0.305 bits per heavy atom. The Hall–Kier alpha value is -7.88. The van der Waals surface area contributed by atoms with E-state index in [0.29, 0.717) is 0 Å². The van der Waals surface area contributed by atoms with Crippen LogP contribution in [0.4, 0.5) is 17.1 Å². The number of hydrogen-bond donors (Lipinski definition) is 0. The third kappa shape index (κ3) is 5.36. The molecule has 0 amide bonds. The van der Waals surface area contributed by atoms with Crippen LogP contribution in [0.1, 0.15) is 0 Å². The first kappa shape index (κ1) is 33.3. The predicted molar refractivity (Wildman–Crippen MR) is 247 cm³/mol. The Morgan fingerprint density at radius 3 is 1.69 bits per heavy atom. The fourth-order valence-electron chi connectivity index (χ4n) is 9.15. The lowest BCUT2D eigenvalue weighted by molar-refractivity contribution is 0.669. The van der Waals surface area contributed by atoms with E-state index >= 15 is 0 Å². The first-order valence-electron chi connectivity index (χ1n) is 20.1. The van der Waals surface area contributed by atoms with Crippen molar-refractivity contribution >= 4 is 82.5 Å². The zero-order valence-corrected chi connectivity index (χ0v) is 32.0. The van der Waals surface area contributed by atoms with E-state index in [1.807, 2.05) is 0 Å². The number of hydrogen-bond acceptors (Lipinski definition) is 3.